The van der Waals surface area contributed by atoms with Gasteiger partial charge in [0.05, 0.1) is 12.6 Å². The van der Waals surface area contributed by atoms with Gasteiger partial charge in [0, 0.05) is 31.6 Å². The summed E-state index contributed by atoms with van der Waals surface area (Å²) in [5.41, 5.74) is 2.28. The Kier molecular flexibility index (Phi) is 4.25. The summed E-state index contributed by atoms with van der Waals surface area (Å²) in [6.07, 6.45) is 2.32. The van der Waals surface area contributed by atoms with E-state index < -0.39 is 0 Å². The summed E-state index contributed by atoms with van der Waals surface area (Å²) in [6, 6.07) is 3.93. The van der Waals surface area contributed by atoms with Crippen molar-refractivity contribution in [3.05, 3.63) is 23.5 Å². The summed E-state index contributed by atoms with van der Waals surface area (Å²) in [6.45, 7) is 4.00. The van der Waals surface area contributed by atoms with Gasteiger partial charge in [-0.3, -0.25) is 0 Å². The number of carbonyl (C=O) groups excluding carboxylic acids is 1. The molecule has 1 aromatic rings. The highest BCUT2D eigenvalue weighted by molar-refractivity contribution is 5.73. The minimum absolute atomic E-state index is 0.135. The monoisotopic (exact) mass is 251 g/mol. The van der Waals surface area contributed by atoms with Gasteiger partial charge >= 0.3 is 6.03 Å². The maximum absolute atomic E-state index is 11.6. The van der Waals surface area contributed by atoms with Gasteiger partial charge in [0.2, 0.25) is 0 Å². The minimum atomic E-state index is -0.135. The van der Waals surface area contributed by atoms with Crippen LogP contribution >= 0.6 is 0 Å². The smallest absolute Gasteiger partial charge is 0.315 e. The van der Waals surface area contributed by atoms with Crippen LogP contribution in [0.25, 0.3) is 0 Å². The molecule has 100 valence electrons. The van der Waals surface area contributed by atoms with Gasteiger partial charge in [0.25, 0.3) is 0 Å². The SMILES string of the molecule is Cc1ccc(CNC(=O)NC[C@H]2CCCO2)n1C. The average Bonchev–Trinajstić information content (AvgIpc) is 2.97. The summed E-state index contributed by atoms with van der Waals surface area (Å²) in [7, 11) is 2.00. The lowest BCUT2D eigenvalue weighted by atomic mass is 10.2. The van der Waals surface area contributed by atoms with Crippen LogP contribution in [0.3, 0.4) is 0 Å². The predicted octanol–water partition coefficient (Wildman–Crippen LogP) is 1.31. The molecule has 1 aliphatic rings. The number of hydrogen-bond acceptors (Lipinski definition) is 2. The standard InChI is InChI=1S/C13H21N3O2/c1-10-5-6-11(16(10)2)8-14-13(17)15-9-12-4-3-7-18-12/h5-6,12H,3-4,7-9H2,1-2H3,(H2,14,15,17)/t12-/m1/s1. The molecular weight excluding hydrogens is 230 g/mol. The molecule has 1 saturated heterocycles. The molecule has 18 heavy (non-hydrogen) atoms. The Labute approximate surface area is 108 Å². The van der Waals surface area contributed by atoms with Crippen molar-refractivity contribution in [3.63, 3.8) is 0 Å². The predicted molar refractivity (Wildman–Crippen MR) is 69.4 cm³/mol. The summed E-state index contributed by atoms with van der Waals surface area (Å²) in [4.78, 5) is 11.6. The van der Waals surface area contributed by atoms with Crippen molar-refractivity contribution in [2.45, 2.75) is 32.4 Å². The van der Waals surface area contributed by atoms with Gasteiger partial charge in [-0.2, -0.15) is 0 Å². The van der Waals surface area contributed by atoms with Crippen LogP contribution in [-0.2, 0) is 18.3 Å². The fourth-order valence-electron chi connectivity index (χ4n) is 2.09. The minimum Gasteiger partial charge on any atom is -0.376 e. The van der Waals surface area contributed by atoms with Crippen LogP contribution in [0.1, 0.15) is 24.2 Å². The van der Waals surface area contributed by atoms with Gasteiger partial charge < -0.3 is 19.9 Å². The number of nitrogens with zero attached hydrogens (tertiary/aromatic N) is 1. The first-order valence-corrected chi connectivity index (χ1v) is 6.41. The van der Waals surface area contributed by atoms with Gasteiger partial charge in [-0.15, -0.1) is 0 Å². The van der Waals surface area contributed by atoms with Crippen LogP contribution in [0, 0.1) is 6.92 Å². The molecule has 0 radical (unpaired) electrons. The number of hydrogen-bond donors (Lipinski definition) is 2. The third-order valence-electron chi connectivity index (χ3n) is 3.42. The molecule has 2 rings (SSSR count). The first kappa shape index (κ1) is 13.0. The first-order chi connectivity index (χ1) is 8.66. The molecule has 0 bridgehead atoms. The van der Waals surface area contributed by atoms with Crippen LogP contribution < -0.4 is 10.6 Å². The van der Waals surface area contributed by atoms with Gasteiger partial charge in [-0.1, -0.05) is 0 Å². The van der Waals surface area contributed by atoms with Gasteiger partial charge in [0.1, 0.15) is 0 Å². The first-order valence-electron chi connectivity index (χ1n) is 6.41. The second kappa shape index (κ2) is 5.91. The van der Waals surface area contributed by atoms with Crippen molar-refractivity contribution in [2.75, 3.05) is 13.2 Å². The Hall–Kier alpha value is -1.49. The second-order valence-corrected chi connectivity index (χ2v) is 4.72. The van der Waals surface area contributed by atoms with Crippen molar-refractivity contribution < 1.29 is 9.53 Å². The number of urea groups is 1. The lowest BCUT2D eigenvalue weighted by molar-refractivity contribution is 0.111. The topological polar surface area (TPSA) is 55.3 Å². The maximum Gasteiger partial charge on any atom is 0.315 e. The fourth-order valence-corrected chi connectivity index (χ4v) is 2.09. The zero-order valence-electron chi connectivity index (χ0n) is 11.0. The third kappa shape index (κ3) is 3.26. The summed E-state index contributed by atoms with van der Waals surface area (Å²) < 4.78 is 7.51. The largest absolute Gasteiger partial charge is 0.376 e. The highest BCUT2D eigenvalue weighted by Gasteiger charge is 2.15. The zero-order valence-corrected chi connectivity index (χ0v) is 11.0. The van der Waals surface area contributed by atoms with Gasteiger partial charge in [-0.05, 0) is 31.9 Å². The van der Waals surface area contributed by atoms with Crippen LogP contribution in [0.4, 0.5) is 4.79 Å². The Balaban J connectivity index is 1.69. The summed E-state index contributed by atoms with van der Waals surface area (Å²) >= 11 is 0. The summed E-state index contributed by atoms with van der Waals surface area (Å²) in [5.74, 6) is 0. The van der Waals surface area contributed by atoms with Crippen molar-refractivity contribution in [1.29, 1.82) is 0 Å². The Morgan fingerprint density at radius 2 is 2.33 bits per heavy atom. The zero-order chi connectivity index (χ0) is 13.0. The van der Waals surface area contributed by atoms with E-state index in [9.17, 15) is 4.79 Å². The molecule has 2 amide bonds. The number of amides is 2. The molecular formula is C13H21N3O2. The molecule has 0 saturated carbocycles. The van der Waals surface area contributed by atoms with Gasteiger partial charge in [0.15, 0.2) is 0 Å². The van der Waals surface area contributed by atoms with E-state index in [4.69, 9.17) is 4.74 Å². The van der Waals surface area contributed by atoms with E-state index >= 15 is 0 Å². The van der Waals surface area contributed by atoms with Crippen LogP contribution in [0.5, 0.6) is 0 Å². The van der Waals surface area contributed by atoms with Crippen molar-refractivity contribution in [3.8, 4) is 0 Å². The molecule has 5 nitrogen and oxygen atoms in total. The van der Waals surface area contributed by atoms with Crippen molar-refractivity contribution in [2.24, 2.45) is 7.05 Å². The van der Waals surface area contributed by atoms with Gasteiger partial charge in [-0.25, -0.2) is 4.79 Å². The molecule has 2 N–H and O–H groups in total. The third-order valence-corrected chi connectivity index (χ3v) is 3.42. The van der Waals surface area contributed by atoms with E-state index in [-0.39, 0.29) is 12.1 Å². The number of carbonyl (C=O) groups is 1. The Morgan fingerprint density at radius 3 is 2.94 bits per heavy atom. The fraction of sp³-hybridized carbons (Fsp3) is 0.615. The lowest BCUT2D eigenvalue weighted by Gasteiger charge is -2.12. The van der Waals surface area contributed by atoms with E-state index in [1.54, 1.807) is 0 Å². The van der Waals surface area contributed by atoms with Crippen molar-refractivity contribution >= 4 is 6.03 Å². The molecule has 1 atom stereocenters. The molecule has 0 aromatic carbocycles. The van der Waals surface area contributed by atoms with E-state index in [2.05, 4.69) is 15.2 Å². The number of aryl methyl sites for hydroxylation is 1. The van der Waals surface area contributed by atoms with E-state index in [1.165, 1.54) is 5.69 Å². The Morgan fingerprint density at radius 1 is 1.50 bits per heavy atom. The molecule has 5 heteroatoms. The van der Waals surface area contributed by atoms with Crippen molar-refractivity contribution in [1.82, 2.24) is 15.2 Å². The number of nitrogens with one attached hydrogen (secondary N) is 2. The van der Waals surface area contributed by atoms with Crippen LogP contribution in [0.15, 0.2) is 12.1 Å². The second-order valence-electron chi connectivity index (χ2n) is 4.72. The molecule has 0 aliphatic carbocycles. The molecule has 1 aromatic heterocycles. The average molecular weight is 251 g/mol. The number of ether oxygens (including phenoxy) is 1. The summed E-state index contributed by atoms with van der Waals surface area (Å²) in [5, 5.41) is 5.69. The van der Waals surface area contributed by atoms with E-state index in [0.717, 1.165) is 25.1 Å². The number of aromatic nitrogens is 1. The normalized spacial score (nSPS) is 18.9. The quantitative estimate of drug-likeness (QED) is 0.847. The van der Waals surface area contributed by atoms with E-state index in [1.807, 2.05) is 26.1 Å². The highest BCUT2D eigenvalue weighted by Crippen LogP contribution is 2.10. The molecule has 0 spiro atoms. The molecule has 1 fully saturated rings. The van der Waals surface area contributed by atoms with E-state index in [0.29, 0.717) is 13.1 Å². The maximum atomic E-state index is 11.6. The molecule has 1 aliphatic heterocycles. The number of rotatable bonds is 4. The Bertz CT molecular complexity index is 408. The molecule has 2 heterocycles. The lowest BCUT2D eigenvalue weighted by Crippen LogP contribution is -2.39. The highest BCUT2D eigenvalue weighted by atomic mass is 16.5. The van der Waals surface area contributed by atoms with Crippen LogP contribution in [0.2, 0.25) is 0 Å². The molecule has 0 unspecified atom stereocenters. The van der Waals surface area contributed by atoms with Crippen LogP contribution in [-0.4, -0.2) is 29.9 Å².